The third-order valence-electron chi connectivity index (χ3n) is 6.52. The van der Waals surface area contributed by atoms with Crippen molar-refractivity contribution < 1.29 is 39.5 Å². The summed E-state index contributed by atoms with van der Waals surface area (Å²) in [7, 11) is -3.49. The first-order valence-electron chi connectivity index (χ1n) is 12.7. The highest BCUT2D eigenvalue weighted by Crippen LogP contribution is 2.41. The van der Waals surface area contributed by atoms with Crippen LogP contribution in [0.15, 0.2) is 82.2 Å². The second kappa shape index (κ2) is 10.6. The van der Waals surface area contributed by atoms with Gasteiger partial charge in [-0.15, -0.1) is 0 Å². The predicted octanol–water partition coefficient (Wildman–Crippen LogP) is 7.72. The van der Waals surface area contributed by atoms with Crippen LogP contribution in [0.3, 0.4) is 0 Å². The predicted molar refractivity (Wildman–Crippen MR) is 149 cm³/mol. The minimum atomic E-state index is -5.92. The number of benzene rings is 3. The van der Waals surface area contributed by atoms with E-state index in [1.165, 1.54) is 24.3 Å². The van der Waals surface area contributed by atoms with Gasteiger partial charge in [-0.25, -0.2) is 18.4 Å². The van der Waals surface area contributed by atoms with E-state index in [-0.39, 0.29) is 27.8 Å². The van der Waals surface area contributed by atoms with E-state index in [2.05, 4.69) is 14.7 Å². The third-order valence-corrected chi connectivity index (χ3v) is 7.63. The second-order valence-corrected chi connectivity index (χ2v) is 11.9. The molecule has 2 heterocycles. The number of ether oxygens (including phenoxy) is 1. The highest BCUT2D eigenvalue weighted by molar-refractivity contribution is 7.90. The molecule has 0 fully saturated rings. The van der Waals surface area contributed by atoms with Crippen LogP contribution in [-0.4, -0.2) is 41.5 Å². The van der Waals surface area contributed by atoms with Crippen molar-refractivity contribution in [2.45, 2.75) is 38.0 Å². The lowest BCUT2D eigenvalue weighted by atomic mass is 9.98. The molecule has 224 valence electrons. The van der Waals surface area contributed by atoms with Gasteiger partial charge in [0.25, 0.3) is 0 Å². The van der Waals surface area contributed by atoms with E-state index in [0.717, 1.165) is 24.1 Å². The molecule has 0 atom stereocenters. The molecule has 0 bridgehead atoms. The van der Waals surface area contributed by atoms with Crippen molar-refractivity contribution in [2.75, 3.05) is 6.26 Å². The van der Waals surface area contributed by atoms with E-state index < -0.39 is 27.9 Å². The van der Waals surface area contributed by atoms with Crippen molar-refractivity contribution in [3.8, 4) is 45.1 Å². The number of alkyl halides is 5. The van der Waals surface area contributed by atoms with Gasteiger partial charge in [-0.2, -0.15) is 22.0 Å². The second-order valence-electron chi connectivity index (χ2n) is 9.89. The van der Waals surface area contributed by atoms with Crippen molar-refractivity contribution >= 4 is 9.84 Å². The first-order valence-corrected chi connectivity index (χ1v) is 14.6. The van der Waals surface area contributed by atoms with E-state index in [4.69, 9.17) is 4.42 Å². The molecular weight excluding hydrogens is 593 g/mol. The molecule has 13 heteroatoms. The molecule has 0 unspecified atom stereocenters. The van der Waals surface area contributed by atoms with Gasteiger partial charge in [0.15, 0.2) is 21.5 Å². The lowest BCUT2D eigenvalue weighted by Crippen LogP contribution is -2.41. The Morgan fingerprint density at radius 1 is 0.837 bits per heavy atom. The number of nitrogens with zero attached hydrogens (tertiary/aromatic N) is 3. The minimum Gasteiger partial charge on any atom is -0.440 e. The summed E-state index contributed by atoms with van der Waals surface area (Å²) in [5, 5.41) is 0. The molecule has 0 saturated heterocycles. The molecule has 0 spiro atoms. The van der Waals surface area contributed by atoms with Crippen molar-refractivity contribution in [3.63, 3.8) is 0 Å². The summed E-state index contributed by atoms with van der Waals surface area (Å²) >= 11 is 0. The van der Waals surface area contributed by atoms with E-state index in [1.807, 2.05) is 11.5 Å². The molecule has 7 nitrogen and oxygen atoms in total. The third kappa shape index (κ3) is 6.03. The summed E-state index contributed by atoms with van der Waals surface area (Å²) in [6, 6.07) is 16.5. The van der Waals surface area contributed by atoms with E-state index >= 15 is 0 Å². The molecule has 2 aromatic heterocycles. The van der Waals surface area contributed by atoms with Gasteiger partial charge in [-0.05, 0) is 61.4 Å². The van der Waals surface area contributed by atoms with Crippen molar-refractivity contribution in [1.29, 1.82) is 0 Å². The van der Waals surface area contributed by atoms with E-state index in [9.17, 15) is 30.4 Å². The molecule has 0 radical (unpaired) electrons. The monoisotopic (exact) mass is 617 g/mol. The zero-order chi connectivity index (χ0) is 31.3. The summed E-state index contributed by atoms with van der Waals surface area (Å²) < 4.78 is 102. The largest absolute Gasteiger partial charge is 0.499 e. The zero-order valence-electron chi connectivity index (χ0n) is 23.2. The summed E-state index contributed by atoms with van der Waals surface area (Å²) in [5.41, 5.74) is 3.49. The Morgan fingerprint density at radius 3 is 2.16 bits per heavy atom. The number of halogens is 5. The fourth-order valence-electron chi connectivity index (χ4n) is 4.60. The average Bonchev–Trinajstić information content (AvgIpc) is 3.48. The average molecular weight is 618 g/mol. The van der Waals surface area contributed by atoms with Gasteiger partial charge in [0.1, 0.15) is 17.3 Å². The van der Waals surface area contributed by atoms with Crippen molar-refractivity contribution in [3.05, 3.63) is 90.3 Å². The molecule has 43 heavy (non-hydrogen) atoms. The molecule has 0 aliphatic carbocycles. The number of rotatable bonds is 7. The summed E-state index contributed by atoms with van der Waals surface area (Å²) in [5.74, 6) is 0.214. The van der Waals surface area contributed by atoms with E-state index in [0.29, 0.717) is 28.2 Å². The minimum absolute atomic E-state index is 0.0936. The number of hydrogen-bond donors (Lipinski definition) is 0. The Balaban J connectivity index is 1.70. The maximum Gasteiger partial charge on any atom is 0.499 e. The molecule has 5 aromatic rings. The zero-order valence-corrected chi connectivity index (χ0v) is 24.0. The van der Waals surface area contributed by atoms with Gasteiger partial charge in [0.05, 0.1) is 16.3 Å². The maximum atomic E-state index is 13.7. The molecule has 0 aliphatic rings. The number of aromatic nitrogens is 3. The van der Waals surface area contributed by atoms with Gasteiger partial charge in [-0.3, -0.25) is 0 Å². The van der Waals surface area contributed by atoms with Crippen LogP contribution in [-0.2, 0) is 9.84 Å². The van der Waals surface area contributed by atoms with E-state index in [1.54, 1.807) is 50.4 Å². The van der Waals surface area contributed by atoms with Crippen LogP contribution in [0.5, 0.6) is 5.75 Å². The Kier molecular flexibility index (Phi) is 7.41. The highest BCUT2D eigenvalue weighted by Gasteiger charge is 2.61. The lowest BCUT2D eigenvalue weighted by Gasteiger charge is -2.20. The smallest absolute Gasteiger partial charge is 0.440 e. The van der Waals surface area contributed by atoms with Crippen LogP contribution in [0.25, 0.3) is 39.4 Å². The van der Waals surface area contributed by atoms with Crippen LogP contribution in [0.1, 0.15) is 17.4 Å². The van der Waals surface area contributed by atoms with Crippen LogP contribution in [0.4, 0.5) is 22.0 Å². The topological polar surface area (TPSA) is 87.2 Å². The number of aryl methyl sites for hydroxylation is 3. The van der Waals surface area contributed by atoms with Crippen LogP contribution in [0, 0.1) is 20.8 Å². The molecule has 0 N–H and O–H groups in total. The first kappa shape index (κ1) is 30.0. The Morgan fingerprint density at radius 2 is 1.51 bits per heavy atom. The highest BCUT2D eigenvalue weighted by atomic mass is 32.2. The standard InChI is InChI=1S/C30H24F5N3O4S/c1-17-16-38(18(2)36-17)26-12-11-21(20-7-6-10-24(14-20)43(4,39)40)15-25(26)27-28(41-19(3)37-27)22-8-5-9-23(13-22)42-30(34,35)29(31,32)33/h5-16H,1-4H3. The fourth-order valence-corrected chi connectivity index (χ4v) is 5.26. The first-order chi connectivity index (χ1) is 20.0. The van der Waals surface area contributed by atoms with Crippen LogP contribution in [0.2, 0.25) is 0 Å². The Hall–Kier alpha value is -4.52. The summed E-state index contributed by atoms with van der Waals surface area (Å²) in [6.07, 6.45) is -8.41. The summed E-state index contributed by atoms with van der Waals surface area (Å²) in [4.78, 5) is 9.14. The van der Waals surface area contributed by atoms with Crippen molar-refractivity contribution in [1.82, 2.24) is 14.5 Å². The van der Waals surface area contributed by atoms with Gasteiger partial charge < -0.3 is 13.7 Å². The van der Waals surface area contributed by atoms with Gasteiger partial charge in [0, 0.05) is 30.5 Å². The summed E-state index contributed by atoms with van der Waals surface area (Å²) in [6.45, 7) is 5.19. The van der Waals surface area contributed by atoms with Crippen molar-refractivity contribution in [2.24, 2.45) is 0 Å². The van der Waals surface area contributed by atoms with Crippen LogP contribution < -0.4 is 4.74 Å². The molecule has 3 aromatic carbocycles. The maximum absolute atomic E-state index is 13.7. The fraction of sp³-hybridized carbons (Fsp3) is 0.200. The molecule has 5 rings (SSSR count). The normalized spacial score (nSPS) is 12.5. The SMILES string of the molecule is Cc1cn(-c2ccc(-c3cccc(S(C)(=O)=O)c3)cc2-c2nc(C)oc2-c2cccc(OC(F)(F)C(F)(F)F)c2)c(C)n1. The van der Waals surface area contributed by atoms with Gasteiger partial charge >= 0.3 is 12.3 Å². The quantitative estimate of drug-likeness (QED) is 0.174. The number of hydrogen-bond acceptors (Lipinski definition) is 6. The lowest BCUT2D eigenvalue weighted by molar-refractivity contribution is -0.360. The number of imidazole rings is 1. The number of oxazole rings is 1. The molecule has 0 saturated carbocycles. The Labute approximate surface area is 243 Å². The van der Waals surface area contributed by atoms with Gasteiger partial charge in [-0.1, -0.05) is 30.3 Å². The molecular formula is C30H24F5N3O4S. The van der Waals surface area contributed by atoms with Gasteiger partial charge in [0.2, 0.25) is 0 Å². The Bertz CT molecular complexity index is 1950. The van der Waals surface area contributed by atoms with Crippen LogP contribution >= 0.6 is 0 Å². The molecule has 0 amide bonds. The molecule has 0 aliphatic heterocycles. The number of sulfone groups is 1.